The standard InChI is InChI=1S/C12H15F2N3/c1-4-12(2,3)17-9-6-7(13)5-8(14)10(9)16-11(17)15/h5-6H,4H2,1-3H3,(H2,15,16). The Hall–Kier alpha value is -1.65. The van der Waals surface area contributed by atoms with Gasteiger partial charge in [0.25, 0.3) is 0 Å². The van der Waals surface area contributed by atoms with Gasteiger partial charge in [-0.1, -0.05) is 6.92 Å². The Kier molecular flexibility index (Phi) is 2.56. The van der Waals surface area contributed by atoms with Crippen LogP contribution in [0.5, 0.6) is 0 Å². The van der Waals surface area contributed by atoms with Gasteiger partial charge in [0.15, 0.2) is 5.82 Å². The molecule has 2 N–H and O–H groups in total. The van der Waals surface area contributed by atoms with Gasteiger partial charge in [-0.05, 0) is 20.3 Å². The van der Waals surface area contributed by atoms with Crippen LogP contribution in [0.25, 0.3) is 11.0 Å². The zero-order valence-corrected chi connectivity index (χ0v) is 10.1. The molecule has 5 heteroatoms. The highest BCUT2D eigenvalue weighted by Gasteiger charge is 2.24. The smallest absolute Gasteiger partial charge is 0.201 e. The van der Waals surface area contributed by atoms with E-state index in [9.17, 15) is 8.78 Å². The van der Waals surface area contributed by atoms with Crippen molar-refractivity contribution in [1.82, 2.24) is 9.55 Å². The molecule has 17 heavy (non-hydrogen) atoms. The lowest BCUT2D eigenvalue weighted by Gasteiger charge is -2.26. The van der Waals surface area contributed by atoms with Crippen molar-refractivity contribution in [2.24, 2.45) is 0 Å². The predicted molar refractivity (Wildman–Crippen MR) is 63.7 cm³/mol. The summed E-state index contributed by atoms with van der Waals surface area (Å²) in [6, 6.07) is 2.08. The Balaban J connectivity index is 2.84. The Labute approximate surface area is 98.2 Å². The summed E-state index contributed by atoms with van der Waals surface area (Å²) in [4.78, 5) is 3.97. The minimum Gasteiger partial charge on any atom is -0.369 e. The second kappa shape index (κ2) is 3.68. The van der Waals surface area contributed by atoms with Gasteiger partial charge in [-0.2, -0.15) is 0 Å². The van der Waals surface area contributed by atoms with Crippen LogP contribution in [-0.4, -0.2) is 9.55 Å². The lowest BCUT2D eigenvalue weighted by Crippen LogP contribution is -2.26. The van der Waals surface area contributed by atoms with E-state index >= 15 is 0 Å². The van der Waals surface area contributed by atoms with Crippen LogP contribution >= 0.6 is 0 Å². The van der Waals surface area contributed by atoms with Crippen molar-refractivity contribution in [3.05, 3.63) is 23.8 Å². The van der Waals surface area contributed by atoms with Gasteiger partial charge in [0.05, 0.1) is 5.52 Å². The van der Waals surface area contributed by atoms with Gasteiger partial charge in [0.1, 0.15) is 11.3 Å². The molecule has 0 bridgehead atoms. The number of hydrogen-bond donors (Lipinski definition) is 1. The average molecular weight is 239 g/mol. The fourth-order valence-corrected chi connectivity index (χ4v) is 1.92. The first kappa shape index (κ1) is 11.8. The molecule has 3 nitrogen and oxygen atoms in total. The average Bonchev–Trinajstić information content (AvgIpc) is 2.55. The van der Waals surface area contributed by atoms with Crippen LogP contribution in [0.3, 0.4) is 0 Å². The third kappa shape index (κ3) is 1.75. The molecule has 0 amide bonds. The number of nitrogens with two attached hydrogens (primary N) is 1. The number of imidazole rings is 1. The summed E-state index contributed by atoms with van der Waals surface area (Å²) < 4.78 is 28.5. The highest BCUT2D eigenvalue weighted by Crippen LogP contribution is 2.30. The molecule has 0 saturated heterocycles. The van der Waals surface area contributed by atoms with Crippen LogP contribution in [-0.2, 0) is 5.54 Å². The predicted octanol–water partition coefficient (Wildman–Crippen LogP) is 3.04. The summed E-state index contributed by atoms with van der Waals surface area (Å²) in [5, 5.41) is 0. The Morgan fingerprint density at radius 3 is 2.59 bits per heavy atom. The van der Waals surface area contributed by atoms with Crippen molar-refractivity contribution in [3.8, 4) is 0 Å². The fourth-order valence-electron chi connectivity index (χ4n) is 1.92. The van der Waals surface area contributed by atoms with E-state index in [1.165, 1.54) is 6.07 Å². The van der Waals surface area contributed by atoms with Crippen LogP contribution in [0, 0.1) is 11.6 Å². The van der Waals surface area contributed by atoms with Crippen LogP contribution in [0.2, 0.25) is 0 Å². The van der Waals surface area contributed by atoms with Gasteiger partial charge in [-0.15, -0.1) is 0 Å². The van der Waals surface area contributed by atoms with E-state index in [-0.39, 0.29) is 17.0 Å². The molecular formula is C12H15F2N3. The summed E-state index contributed by atoms with van der Waals surface area (Å²) >= 11 is 0. The van der Waals surface area contributed by atoms with Crippen LogP contribution in [0.15, 0.2) is 12.1 Å². The van der Waals surface area contributed by atoms with Gasteiger partial charge < -0.3 is 10.3 Å². The molecular weight excluding hydrogens is 224 g/mol. The normalized spacial score (nSPS) is 12.3. The van der Waals surface area contributed by atoms with Gasteiger partial charge >= 0.3 is 0 Å². The number of rotatable bonds is 2. The monoisotopic (exact) mass is 239 g/mol. The first-order chi connectivity index (χ1) is 7.86. The fraction of sp³-hybridized carbons (Fsp3) is 0.417. The maximum atomic E-state index is 13.6. The minimum absolute atomic E-state index is 0.116. The van der Waals surface area contributed by atoms with Crippen molar-refractivity contribution < 1.29 is 8.78 Å². The first-order valence-electron chi connectivity index (χ1n) is 5.50. The first-order valence-corrected chi connectivity index (χ1v) is 5.50. The molecule has 0 saturated carbocycles. The molecule has 0 atom stereocenters. The van der Waals surface area contributed by atoms with Crippen LogP contribution in [0.4, 0.5) is 14.7 Å². The number of nitrogens with zero attached hydrogens (tertiary/aromatic N) is 2. The number of halogens is 2. The number of hydrogen-bond acceptors (Lipinski definition) is 2. The van der Waals surface area contributed by atoms with E-state index in [4.69, 9.17) is 5.73 Å². The van der Waals surface area contributed by atoms with E-state index in [1.807, 2.05) is 20.8 Å². The third-order valence-electron chi connectivity index (χ3n) is 3.17. The molecule has 2 rings (SSSR count). The Morgan fingerprint density at radius 1 is 1.35 bits per heavy atom. The minimum atomic E-state index is -0.683. The summed E-state index contributed by atoms with van der Waals surface area (Å²) in [7, 11) is 0. The number of aromatic nitrogens is 2. The zero-order chi connectivity index (χ0) is 12.8. The Morgan fingerprint density at radius 2 is 2.00 bits per heavy atom. The van der Waals surface area contributed by atoms with Gasteiger partial charge in [-0.3, -0.25) is 0 Å². The summed E-state index contributed by atoms with van der Waals surface area (Å²) in [5.74, 6) is -1.10. The molecule has 92 valence electrons. The summed E-state index contributed by atoms with van der Waals surface area (Å²) in [6.45, 7) is 5.89. The molecule has 0 aliphatic rings. The van der Waals surface area contributed by atoms with E-state index < -0.39 is 11.6 Å². The zero-order valence-electron chi connectivity index (χ0n) is 10.1. The van der Waals surface area contributed by atoms with Crippen molar-refractivity contribution in [3.63, 3.8) is 0 Å². The van der Waals surface area contributed by atoms with Gasteiger partial charge in [-0.25, -0.2) is 13.8 Å². The maximum Gasteiger partial charge on any atom is 0.201 e. The van der Waals surface area contributed by atoms with Gasteiger partial charge in [0, 0.05) is 17.7 Å². The molecule has 0 spiro atoms. The molecule has 0 radical (unpaired) electrons. The molecule has 1 heterocycles. The second-order valence-corrected chi connectivity index (χ2v) is 4.73. The highest BCUT2D eigenvalue weighted by atomic mass is 19.1. The van der Waals surface area contributed by atoms with Crippen LogP contribution < -0.4 is 5.73 Å². The van der Waals surface area contributed by atoms with E-state index in [0.717, 1.165) is 12.5 Å². The molecule has 1 aromatic carbocycles. The maximum absolute atomic E-state index is 13.6. The number of benzene rings is 1. The van der Waals surface area contributed by atoms with Crippen molar-refractivity contribution in [1.29, 1.82) is 0 Å². The highest BCUT2D eigenvalue weighted by molar-refractivity contribution is 5.79. The van der Waals surface area contributed by atoms with Crippen molar-refractivity contribution in [2.45, 2.75) is 32.7 Å². The lowest BCUT2D eigenvalue weighted by atomic mass is 10.0. The van der Waals surface area contributed by atoms with E-state index in [2.05, 4.69) is 4.98 Å². The van der Waals surface area contributed by atoms with Crippen molar-refractivity contribution >= 4 is 17.0 Å². The molecule has 0 aliphatic carbocycles. The number of anilines is 1. The van der Waals surface area contributed by atoms with Crippen LogP contribution in [0.1, 0.15) is 27.2 Å². The van der Waals surface area contributed by atoms with E-state index in [0.29, 0.717) is 5.52 Å². The van der Waals surface area contributed by atoms with E-state index in [1.54, 1.807) is 4.57 Å². The Bertz CT molecular complexity index is 573. The number of nitrogen functional groups attached to an aromatic ring is 1. The topological polar surface area (TPSA) is 43.8 Å². The molecule has 0 aliphatic heterocycles. The second-order valence-electron chi connectivity index (χ2n) is 4.73. The lowest BCUT2D eigenvalue weighted by molar-refractivity contribution is 0.357. The summed E-state index contributed by atoms with van der Waals surface area (Å²) in [5.41, 5.74) is 5.97. The van der Waals surface area contributed by atoms with Crippen molar-refractivity contribution in [2.75, 3.05) is 5.73 Å². The molecule has 0 unspecified atom stereocenters. The van der Waals surface area contributed by atoms with Gasteiger partial charge in [0.2, 0.25) is 5.95 Å². The quantitative estimate of drug-likeness (QED) is 0.875. The molecule has 1 aromatic heterocycles. The SMILES string of the molecule is CCC(C)(C)n1c(N)nc2c(F)cc(F)cc21. The largest absolute Gasteiger partial charge is 0.369 e. The number of fused-ring (bicyclic) bond motifs is 1. The summed E-state index contributed by atoms with van der Waals surface area (Å²) in [6.07, 6.45) is 0.779. The molecule has 2 aromatic rings. The third-order valence-corrected chi connectivity index (χ3v) is 3.17. The molecule has 0 fully saturated rings.